The second-order valence-corrected chi connectivity index (χ2v) is 4.01. The Balaban J connectivity index is 2.53. The van der Waals surface area contributed by atoms with E-state index in [4.69, 9.17) is 9.47 Å². The van der Waals surface area contributed by atoms with Gasteiger partial charge in [-0.05, 0) is 13.0 Å². The number of benzene rings is 1. The van der Waals surface area contributed by atoms with Gasteiger partial charge in [0.25, 0.3) is 5.91 Å². The number of rotatable bonds is 2. The van der Waals surface area contributed by atoms with Gasteiger partial charge in [0.15, 0.2) is 0 Å². The highest BCUT2D eigenvalue weighted by Gasteiger charge is 2.22. The van der Waals surface area contributed by atoms with Crippen molar-refractivity contribution in [2.45, 2.75) is 13.0 Å². The molecule has 1 heterocycles. The van der Waals surface area contributed by atoms with Crippen LogP contribution in [-0.4, -0.2) is 32.7 Å². The van der Waals surface area contributed by atoms with Gasteiger partial charge in [0.2, 0.25) is 0 Å². The number of nitrogens with one attached hydrogen (secondary N) is 2. The average molecular weight is 236 g/mol. The minimum Gasteiger partial charge on any atom is -0.497 e. The summed E-state index contributed by atoms with van der Waals surface area (Å²) in [7, 11) is 3.13. The lowest BCUT2D eigenvalue weighted by Gasteiger charge is -2.13. The molecule has 0 aliphatic carbocycles. The molecule has 2 N–H and O–H groups in total. The highest BCUT2D eigenvalue weighted by Crippen LogP contribution is 2.34. The summed E-state index contributed by atoms with van der Waals surface area (Å²) in [4.78, 5) is 12.0. The average Bonchev–Trinajstić information content (AvgIpc) is 2.48. The quantitative estimate of drug-likeness (QED) is 0.811. The van der Waals surface area contributed by atoms with Crippen molar-refractivity contribution in [3.05, 3.63) is 17.7 Å². The zero-order valence-electron chi connectivity index (χ0n) is 10.2. The SMILES string of the molecule is COc1cc(OC)c2c(c1)C(=O)NC(C)CN2. The fraction of sp³-hybridized carbons (Fsp3) is 0.417. The molecule has 5 heteroatoms. The summed E-state index contributed by atoms with van der Waals surface area (Å²) in [5, 5.41) is 6.10. The molecule has 0 saturated carbocycles. The van der Waals surface area contributed by atoms with Crippen molar-refractivity contribution in [1.29, 1.82) is 0 Å². The van der Waals surface area contributed by atoms with Crippen LogP contribution in [0, 0.1) is 0 Å². The van der Waals surface area contributed by atoms with Gasteiger partial charge < -0.3 is 20.1 Å². The van der Waals surface area contributed by atoms with E-state index in [0.29, 0.717) is 23.6 Å². The molecule has 0 fully saturated rings. The summed E-state index contributed by atoms with van der Waals surface area (Å²) in [5.41, 5.74) is 1.26. The lowest BCUT2D eigenvalue weighted by molar-refractivity contribution is 0.0945. The van der Waals surface area contributed by atoms with Gasteiger partial charge in [0, 0.05) is 18.7 Å². The molecule has 2 rings (SSSR count). The van der Waals surface area contributed by atoms with Crippen LogP contribution in [0.2, 0.25) is 0 Å². The number of hydrogen-bond donors (Lipinski definition) is 2. The zero-order chi connectivity index (χ0) is 12.4. The maximum absolute atomic E-state index is 12.0. The zero-order valence-corrected chi connectivity index (χ0v) is 10.2. The number of amides is 1. The van der Waals surface area contributed by atoms with E-state index in [9.17, 15) is 4.79 Å². The van der Waals surface area contributed by atoms with Crippen LogP contribution in [0.4, 0.5) is 5.69 Å². The standard InChI is InChI=1S/C12H16N2O3/c1-7-6-13-11-9(12(15)14-7)4-8(16-2)5-10(11)17-3/h4-5,7,13H,6H2,1-3H3,(H,14,15). The Morgan fingerprint density at radius 3 is 2.71 bits per heavy atom. The van der Waals surface area contributed by atoms with Gasteiger partial charge in [-0.3, -0.25) is 4.79 Å². The van der Waals surface area contributed by atoms with Crippen molar-refractivity contribution in [3.63, 3.8) is 0 Å². The molecule has 1 atom stereocenters. The first-order chi connectivity index (χ1) is 8.15. The van der Waals surface area contributed by atoms with Crippen molar-refractivity contribution in [3.8, 4) is 11.5 Å². The molecule has 1 aromatic carbocycles. The smallest absolute Gasteiger partial charge is 0.253 e. The van der Waals surface area contributed by atoms with E-state index in [2.05, 4.69) is 10.6 Å². The largest absolute Gasteiger partial charge is 0.497 e. The second-order valence-electron chi connectivity index (χ2n) is 4.01. The molecule has 92 valence electrons. The van der Waals surface area contributed by atoms with Crippen LogP contribution in [0.1, 0.15) is 17.3 Å². The van der Waals surface area contributed by atoms with Crippen LogP contribution in [-0.2, 0) is 0 Å². The van der Waals surface area contributed by atoms with Crippen LogP contribution < -0.4 is 20.1 Å². The lowest BCUT2D eigenvalue weighted by atomic mass is 10.1. The van der Waals surface area contributed by atoms with E-state index in [1.807, 2.05) is 6.92 Å². The number of fused-ring (bicyclic) bond motifs is 1. The van der Waals surface area contributed by atoms with Gasteiger partial charge in [-0.2, -0.15) is 0 Å². The Hall–Kier alpha value is -1.91. The van der Waals surface area contributed by atoms with Gasteiger partial charge in [0.05, 0.1) is 25.5 Å². The van der Waals surface area contributed by atoms with E-state index in [1.165, 1.54) is 0 Å². The third kappa shape index (κ3) is 2.13. The van der Waals surface area contributed by atoms with E-state index < -0.39 is 0 Å². The molecule has 1 aliphatic heterocycles. The highest BCUT2D eigenvalue weighted by molar-refractivity contribution is 6.02. The molecule has 1 unspecified atom stereocenters. The first-order valence-electron chi connectivity index (χ1n) is 5.46. The number of hydrogen-bond acceptors (Lipinski definition) is 4. The van der Waals surface area contributed by atoms with Crippen LogP contribution in [0.5, 0.6) is 11.5 Å². The normalized spacial score (nSPS) is 18.5. The number of methoxy groups -OCH3 is 2. The van der Waals surface area contributed by atoms with Gasteiger partial charge in [0.1, 0.15) is 11.5 Å². The molecule has 1 aromatic rings. The molecule has 5 nitrogen and oxygen atoms in total. The predicted molar refractivity (Wildman–Crippen MR) is 65.0 cm³/mol. The Morgan fingerprint density at radius 1 is 1.29 bits per heavy atom. The van der Waals surface area contributed by atoms with Crippen molar-refractivity contribution >= 4 is 11.6 Å². The Kier molecular flexibility index (Phi) is 3.08. The van der Waals surface area contributed by atoms with Crippen molar-refractivity contribution in [1.82, 2.24) is 5.32 Å². The minimum atomic E-state index is -0.116. The Labute approximate surface area is 100 Å². The summed E-state index contributed by atoms with van der Waals surface area (Å²) >= 11 is 0. The molecule has 0 spiro atoms. The molecule has 0 bridgehead atoms. The Bertz CT molecular complexity index is 446. The Morgan fingerprint density at radius 2 is 2.06 bits per heavy atom. The fourth-order valence-electron chi connectivity index (χ4n) is 1.84. The number of ether oxygens (including phenoxy) is 2. The number of carbonyl (C=O) groups excluding carboxylic acids is 1. The van der Waals surface area contributed by atoms with E-state index in [0.717, 1.165) is 5.69 Å². The topological polar surface area (TPSA) is 59.6 Å². The first-order valence-corrected chi connectivity index (χ1v) is 5.46. The summed E-state index contributed by atoms with van der Waals surface area (Å²) in [6, 6.07) is 3.54. The molecule has 0 aromatic heterocycles. The fourth-order valence-corrected chi connectivity index (χ4v) is 1.84. The third-order valence-corrected chi connectivity index (χ3v) is 2.74. The van der Waals surface area contributed by atoms with Crippen molar-refractivity contribution < 1.29 is 14.3 Å². The molecule has 1 amide bonds. The van der Waals surface area contributed by atoms with E-state index in [-0.39, 0.29) is 11.9 Å². The maximum Gasteiger partial charge on any atom is 0.253 e. The van der Waals surface area contributed by atoms with Crippen LogP contribution >= 0.6 is 0 Å². The summed E-state index contributed by atoms with van der Waals surface area (Å²) < 4.78 is 10.4. The summed E-state index contributed by atoms with van der Waals surface area (Å²) in [6.45, 7) is 2.61. The van der Waals surface area contributed by atoms with Crippen molar-refractivity contribution in [2.24, 2.45) is 0 Å². The molecule has 0 radical (unpaired) electrons. The van der Waals surface area contributed by atoms with Gasteiger partial charge >= 0.3 is 0 Å². The van der Waals surface area contributed by atoms with Gasteiger partial charge in [-0.15, -0.1) is 0 Å². The maximum atomic E-state index is 12.0. The molecule has 1 aliphatic rings. The van der Waals surface area contributed by atoms with Crippen molar-refractivity contribution in [2.75, 3.05) is 26.1 Å². The third-order valence-electron chi connectivity index (χ3n) is 2.74. The molecular weight excluding hydrogens is 220 g/mol. The van der Waals surface area contributed by atoms with Gasteiger partial charge in [-0.25, -0.2) is 0 Å². The monoisotopic (exact) mass is 236 g/mol. The summed E-state index contributed by atoms with van der Waals surface area (Å²) in [6.07, 6.45) is 0. The number of carbonyl (C=O) groups is 1. The van der Waals surface area contributed by atoms with E-state index >= 15 is 0 Å². The lowest BCUT2D eigenvalue weighted by Crippen LogP contribution is -2.34. The first kappa shape index (κ1) is 11.6. The molecular formula is C12H16N2O3. The van der Waals surface area contributed by atoms with Crippen LogP contribution in [0.3, 0.4) is 0 Å². The number of anilines is 1. The van der Waals surface area contributed by atoms with Crippen LogP contribution in [0.25, 0.3) is 0 Å². The predicted octanol–water partition coefficient (Wildman–Crippen LogP) is 1.25. The molecule has 0 saturated heterocycles. The second kappa shape index (κ2) is 4.53. The highest BCUT2D eigenvalue weighted by atomic mass is 16.5. The van der Waals surface area contributed by atoms with Gasteiger partial charge in [-0.1, -0.05) is 0 Å². The van der Waals surface area contributed by atoms with Crippen LogP contribution in [0.15, 0.2) is 12.1 Å². The minimum absolute atomic E-state index is 0.0746. The van der Waals surface area contributed by atoms with E-state index in [1.54, 1.807) is 26.4 Å². The molecule has 17 heavy (non-hydrogen) atoms. The summed E-state index contributed by atoms with van der Waals surface area (Å²) in [5.74, 6) is 1.10.